The highest BCUT2D eigenvalue weighted by atomic mass is 35.5. The quantitative estimate of drug-likeness (QED) is 0.775. The largest absolute Gasteiger partial charge is 0.336 e. The summed E-state index contributed by atoms with van der Waals surface area (Å²) in [6.07, 6.45) is 1.54. The van der Waals surface area contributed by atoms with E-state index in [1.54, 1.807) is 17.0 Å². The van der Waals surface area contributed by atoms with Gasteiger partial charge < -0.3 is 4.90 Å². The third kappa shape index (κ3) is 3.86. The molecule has 1 amide bonds. The molecule has 0 N–H and O–H groups in total. The van der Waals surface area contributed by atoms with Gasteiger partial charge in [-0.15, -0.1) is 0 Å². The van der Waals surface area contributed by atoms with Gasteiger partial charge >= 0.3 is 0 Å². The molecule has 138 valence electrons. The van der Waals surface area contributed by atoms with Crippen LogP contribution in [0.5, 0.6) is 0 Å². The van der Waals surface area contributed by atoms with Crippen LogP contribution < -0.4 is 0 Å². The number of carbonyl (C=O) groups is 1. The van der Waals surface area contributed by atoms with Gasteiger partial charge in [0.2, 0.25) is 10.0 Å². The molecule has 1 aliphatic heterocycles. The predicted molar refractivity (Wildman–Crippen MR) is 100 cm³/mol. The first kappa shape index (κ1) is 19.1. The molecule has 6 nitrogen and oxygen atoms in total. The third-order valence-electron chi connectivity index (χ3n) is 4.21. The first-order valence-corrected chi connectivity index (χ1v) is 10.2. The van der Waals surface area contributed by atoms with Crippen molar-refractivity contribution in [1.82, 2.24) is 14.2 Å². The number of amides is 1. The lowest BCUT2D eigenvalue weighted by Gasteiger charge is -2.34. The number of halogens is 2. The number of aromatic nitrogens is 1. The molecule has 26 heavy (non-hydrogen) atoms. The van der Waals surface area contributed by atoms with Gasteiger partial charge in [0.1, 0.15) is 0 Å². The van der Waals surface area contributed by atoms with Crippen molar-refractivity contribution in [3.63, 3.8) is 0 Å². The normalized spacial score (nSPS) is 15.9. The number of piperazine rings is 1. The van der Waals surface area contributed by atoms with Crippen molar-refractivity contribution in [3.05, 3.63) is 57.8 Å². The Morgan fingerprint density at radius 2 is 1.73 bits per heavy atom. The molecule has 0 spiro atoms. The Morgan fingerprint density at radius 3 is 2.31 bits per heavy atom. The molecule has 0 bridgehead atoms. The van der Waals surface area contributed by atoms with E-state index < -0.39 is 10.0 Å². The third-order valence-corrected chi connectivity index (χ3v) is 6.85. The monoisotopic (exact) mass is 413 g/mol. The van der Waals surface area contributed by atoms with Gasteiger partial charge in [0, 0.05) is 38.1 Å². The van der Waals surface area contributed by atoms with E-state index in [4.69, 9.17) is 23.2 Å². The number of hydrogen-bond acceptors (Lipinski definition) is 4. The Bertz CT molecular complexity index is 925. The van der Waals surface area contributed by atoms with Crippen LogP contribution in [-0.2, 0) is 10.0 Å². The van der Waals surface area contributed by atoms with Crippen LogP contribution in [0, 0.1) is 6.92 Å². The number of rotatable bonds is 3. The van der Waals surface area contributed by atoms with Gasteiger partial charge in [0.05, 0.1) is 20.5 Å². The first-order chi connectivity index (χ1) is 12.3. The van der Waals surface area contributed by atoms with Crippen LogP contribution in [0.4, 0.5) is 0 Å². The molecule has 0 atom stereocenters. The lowest BCUT2D eigenvalue weighted by Crippen LogP contribution is -2.50. The molecule has 1 saturated heterocycles. The molecule has 0 aliphatic carbocycles. The van der Waals surface area contributed by atoms with E-state index in [-0.39, 0.29) is 28.9 Å². The molecule has 1 aromatic heterocycles. The molecule has 0 unspecified atom stereocenters. The minimum Gasteiger partial charge on any atom is -0.336 e. The van der Waals surface area contributed by atoms with Gasteiger partial charge in [-0.2, -0.15) is 4.31 Å². The Labute approximate surface area is 162 Å². The van der Waals surface area contributed by atoms with Gasteiger partial charge in [-0.25, -0.2) is 8.42 Å². The number of benzene rings is 1. The molecule has 1 aliphatic rings. The van der Waals surface area contributed by atoms with E-state index in [9.17, 15) is 13.2 Å². The molecule has 2 heterocycles. The summed E-state index contributed by atoms with van der Waals surface area (Å²) in [5, 5.41) is 0.487. The average molecular weight is 414 g/mol. The van der Waals surface area contributed by atoms with Crippen LogP contribution in [0.3, 0.4) is 0 Å². The zero-order chi connectivity index (χ0) is 18.9. The Morgan fingerprint density at radius 1 is 1.04 bits per heavy atom. The zero-order valence-electron chi connectivity index (χ0n) is 14.0. The molecular formula is C17H17Cl2N3O3S. The summed E-state index contributed by atoms with van der Waals surface area (Å²) in [7, 11) is -3.68. The smallest absolute Gasteiger partial charge is 0.255 e. The van der Waals surface area contributed by atoms with Gasteiger partial charge in [0.25, 0.3) is 5.91 Å². The van der Waals surface area contributed by atoms with Crippen molar-refractivity contribution < 1.29 is 13.2 Å². The topological polar surface area (TPSA) is 70.6 Å². The Balaban J connectivity index is 1.70. The molecule has 3 rings (SSSR count). The standard InChI is InChI=1S/C17H17Cl2N3O3S/c1-12-2-3-13(11-20-12)17(23)21-6-8-22(9-7-21)26(24,25)14-4-5-15(18)16(19)10-14/h2-5,10-11H,6-9H2,1H3. The van der Waals surface area contributed by atoms with E-state index in [0.29, 0.717) is 23.7 Å². The summed E-state index contributed by atoms with van der Waals surface area (Å²) in [5.41, 5.74) is 1.33. The number of nitrogens with zero attached hydrogens (tertiary/aromatic N) is 3. The van der Waals surface area contributed by atoms with Crippen molar-refractivity contribution in [3.8, 4) is 0 Å². The fourth-order valence-electron chi connectivity index (χ4n) is 2.69. The minimum absolute atomic E-state index is 0.0920. The van der Waals surface area contributed by atoms with E-state index in [2.05, 4.69) is 4.98 Å². The van der Waals surface area contributed by atoms with Gasteiger partial charge in [0.15, 0.2) is 0 Å². The maximum atomic E-state index is 12.7. The summed E-state index contributed by atoms with van der Waals surface area (Å²) >= 11 is 11.8. The highest BCUT2D eigenvalue weighted by Crippen LogP contribution is 2.27. The SMILES string of the molecule is Cc1ccc(C(=O)N2CCN(S(=O)(=O)c3ccc(Cl)c(Cl)c3)CC2)cn1. The number of aryl methyl sites for hydroxylation is 1. The van der Waals surface area contributed by atoms with Gasteiger partial charge in [-0.1, -0.05) is 23.2 Å². The van der Waals surface area contributed by atoms with Crippen molar-refractivity contribution in [2.24, 2.45) is 0 Å². The van der Waals surface area contributed by atoms with Crippen LogP contribution >= 0.6 is 23.2 Å². The van der Waals surface area contributed by atoms with Crippen molar-refractivity contribution in [2.75, 3.05) is 26.2 Å². The predicted octanol–water partition coefficient (Wildman–Crippen LogP) is 2.84. The maximum absolute atomic E-state index is 12.7. The highest BCUT2D eigenvalue weighted by molar-refractivity contribution is 7.89. The highest BCUT2D eigenvalue weighted by Gasteiger charge is 2.30. The maximum Gasteiger partial charge on any atom is 0.255 e. The lowest BCUT2D eigenvalue weighted by atomic mass is 10.2. The van der Waals surface area contributed by atoms with Crippen LogP contribution in [0.1, 0.15) is 16.1 Å². The molecule has 1 fully saturated rings. The number of carbonyl (C=O) groups excluding carboxylic acids is 1. The van der Waals surface area contributed by atoms with Crippen LogP contribution in [0.15, 0.2) is 41.4 Å². The molecule has 9 heteroatoms. The summed E-state index contributed by atoms with van der Waals surface area (Å²) in [4.78, 5) is 18.4. The number of pyridine rings is 1. The Hall–Kier alpha value is -1.67. The fraction of sp³-hybridized carbons (Fsp3) is 0.294. The number of sulfonamides is 1. The summed E-state index contributed by atoms with van der Waals surface area (Å²) in [6.45, 7) is 2.91. The van der Waals surface area contributed by atoms with Gasteiger partial charge in [-0.3, -0.25) is 9.78 Å². The van der Waals surface area contributed by atoms with Crippen LogP contribution in [-0.4, -0.2) is 54.7 Å². The van der Waals surface area contributed by atoms with E-state index in [1.807, 2.05) is 6.92 Å². The first-order valence-electron chi connectivity index (χ1n) is 7.96. The second-order valence-corrected chi connectivity index (χ2v) is 8.71. The molecule has 2 aromatic rings. The molecular weight excluding hydrogens is 397 g/mol. The van der Waals surface area contributed by atoms with E-state index in [1.165, 1.54) is 28.7 Å². The van der Waals surface area contributed by atoms with Crippen molar-refractivity contribution in [2.45, 2.75) is 11.8 Å². The Kier molecular flexibility index (Phi) is 5.53. The summed E-state index contributed by atoms with van der Waals surface area (Å²) in [5.74, 6) is -0.149. The zero-order valence-corrected chi connectivity index (χ0v) is 16.4. The van der Waals surface area contributed by atoms with Crippen LogP contribution in [0.25, 0.3) is 0 Å². The summed E-state index contributed by atoms with van der Waals surface area (Å²) in [6, 6.07) is 7.73. The number of hydrogen-bond donors (Lipinski definition) is 0. The molecule has 0 radical (unpaired) electrons. The second-order valence-electron chi connectivity index (χ2n) is 5.96. The van der Waals surface area contributed by atoms with Crippen molar-refractivity contribution in [1.29, 1.82) is 0 Å². The van der Waals surface area contributed by atoms with Gasteiger partial charge in [-0.05, 0) is 37.3 Å². The minimum atomic E-state index is -3.68. The second kappa shape index (κ2) is 7.52. The van der Waals surface area contributed by atoms with Crippen LogP contribution in [0.2, 0.25) is 10.0 Å². The fourth-order valence-corrected chi connectivity index (χ4v) is 4.51. The van der Waals surface area contributed by atoms with Crippen molar-refractivity contribution >= 4 is 39.1 Å². The van der Waals surface area contributed by atoms with E-state index in [0.717, 1.165) is 5.69 Å². The molecule has 1 aromatic carbocycles. The molecule has 0 saturated carbocycles. The van der Waals surface area contributed by atoms with E-state index >= 15 is 0 Å². The lowest BCUT2D eigenvalue weighted by molar-refractivity contribution is 0.0697. The summed E-state index contributed by atoms with van der Waals surface area (Å²) < 4.78 is 26.8. The average Bonchev–Trinajstić information content (AvgIpc) is 2.64.